The summed E-state index contributed by atoms with van der Waals surface area (Å²) in [4.78, 5) is 0. The molecule has 1 heterocycles. The lowest BCUT2D eigenvalue weighted by Crippen LogP contribution is -2.48. The molecule has 1 aliphatic rings. The lowest BCUT2D eigenvalue weighted by atomic mass is 10.0. The number of hydrogen-bond donors (Lipinski definition) is 1. The maximum atomic E-state index is 9.55. The standard InChI is InChI=1S/C8H16O4/c1-5-8(9)6(10-2)4-7(11-3)12-5/h5-9H,4H2,1-3H3/t5-,6+,7+,8-/m1/s1. The van der Waals surface area contributed by atoms with Crippen LogP contribution in [0.5, 0.6) is 0 Å². The van der Waals surface area contributed by atoms with Crippen LogP contribution in [0, 0.1) is 0 Å². The van der Waals surface area contributed by atoms with Crippen LogP contribution in [0.3, 0.4) is 0 Å². The predicted octanol–water partition coefficient (Wildman–Crippen LogP) is 0.144. The summed E-state index contributed by atoms with van der Waals surface area (Å²) in [5.74, 6) is 0. The molecule has 1 saturated heterocycles. The molecule has 0 aromatic rings. The van der Waals surface area contributed by atoms with E-state index in [9.17, 15) is 5.11 Å². The SMILES string of the molecule is CO[C@@H]1C[C@H](OC)[C@H](O)[C@@H](C)O1. The molecular weight excluding hydrogens is 160 g/mol. The van der Waals surface area contributed by atoms with Crippen molar-refractivity contribution >= 4 is 0 Å². The second-order valence-electron chi connectivity index (χ2n) is 3.01. The van der Waals surface area contributed by atoms with E-state index >= 15 is 0 Å². The lowest BCUT2D eigenvalue weighted by Gasteiger charge is -2.36. The number of aliphatic hydroxyl groups excluding tert-OH is 1. The third-order valence-corrected chi connectivity index (χ3v) is 2.22. The van der Waals surface area contributed by atoms with Gasteiger partial charge >= 0.3 is 0 Å². The van der Waals surface area contributed by atoms with Gasteiger partial charge in [-0.2, -0.15) is 0 Å². The highest BCUT2D eigenvalue weighted by Crippen LogP contribution is 2.22. The van der Waals surface area contributed by atoms with Crippen molar-refractivity contribution in [1.82, 2.24) is 0 Å². The van der Waals surface area contributed by atoms with E-state index in [1.165, 1.54) is 0 Å². The van der Waals surface area contributed by atoms with Gasteiger partial charge in [0.25, 0.3) is 0 Å². The first-order chi connectivity index (χ1) is 5.69. The van der Waals surface area contributed by atoms with Gasteiger partial charge in [0.05, 0.1) is 12.2 Å². The molecule has 0 saturated carbocycles. The van der Waals surface area contributed by atoms with Gasteiger partial charge in [0.2, 0.25) is 0 Å². The normalized spacial score (nSPS) is 43.0. The summed E-state index contributed by atoms with van der Waals surface area (Å²) >= 11 is 0. The Morgan fingerprint density at radius 3 is 2.50 bits per heavy atom. The van der Waals surface area contributed by atoms with E-state index in [1.54, 1.807) is 14.2 Å². The molecule has 0 bridgehead atoms. The quantitative estimate of drug-likeness (QED) is 0.650. The molecule has 0 aromatic heterocycles. The minimum Gasteiger partial charge on any atom is -0.388 e. The molecule has 0 radical (unpaired) electrons. The molecule has 1 rings (SSSR count). The maximum absolute atomic E-state index is 9.55. The van der Waals surface area contributed by atoms with Crippen LogP contribution in [0.1, 0.15) is 13.3 Å². The van der Waals surface area contributed by atoms with Gasteiger partial charge in [0.15, 0.2) is 6.29 Å². The zero-order chi connectivity index (χ0) is 9.14. The van der Waals surface area contributed by atoms with Crippen molar-refractivity contribution in [3.8, 4) is 0 Å². The number of rotatable bonds is 2. The molecule has 72 valence electrons. The molecule has 0 unspecified atom stereocenters. The van der Waals surface area contributed by atoms with Gasteiger partial charge in [-0.15, -0.1) is 0 Å². The van der Waals surface area contributed by atoms with Gasteiger partial charge in [-0.05, 0) is 6.92 Å². The number of hydrogen-bond acceptors (Lipinski definition) is 4. The maximum Gasteiger partial charge on any atom is 0.160 e. The first-order valence-electron chi connectivity index (χ1n) is 4.08. The molecule has 0 aromatic carbocycles. The van der Waals surface area contributed by atoms with Crippen molar-refractivity contribution in [3.05, 3.63) is 0 Å². The van der Waals surface area contributed by atoms with Crippen LogP contribution in [0.2, 0.25) is 0 Å². The molecule has 1 N–H and O–H groups in total. The van der Waals surface area contributed by atoms with E-state index in [0.29, 0.717) is 6.42 Å². The third-order valence-electron chi connectivity index (χ3n) is 2.22. The van der Waals surface area contributed by atoms with Gasteiger partial charge in [0, 0.05) is 20.6 Å². The second kappa shape index (κ2) is 4.18. The van der Waals surface area contributed by atoms with Crippen molar-refractivity contribution in [2.45, 2.75) is 37.9 Å². The molecule has 1 fully saturated rings. The Morgan fingerprint density at radius 2 is 2.00 bits per heavy atom. The molecule has 12 heavy (non-hydrogen) atoms. The highest BCUT2D eigenvalue weighted by Gasteiger charge is 2.35. The Bertz CT molecular complexity index is 139. The van der Waals surface area contributed by atoms with Gasteiger partial charge in [-0.25, -0.2) is 0 Å². The van der Waals surface area contributed by atoms with Crippen LogP contribution in [-0.2, 0) is 14.2 Å². The van der Waals surface area contributed by atoms with Gasteiger partial charge < -0.3 is 19.3 Å². The largest absolute Gasteiger partial charge is 0.388 e. The van der Waals surface area contributed by atoms with E-state index in [0.717, 1.165) is 0 Å². The van der Waals surface area contributed by atoms with Crippen LogP contribution in [0.15, 0.2) is 0 Å². The topological polar surface area (TPSA) is 47.9 Å². The zero-order valence-electron chi connectivity index (χ0n) is 7.69. The van der Waals surface area contributed by atoms with E-state index in [1.807, 2.05) is 6.92 Å². The van der Waals surface area contributed by atoms with Crippen molar-refractivity contribution < 1.29 is 19.3 Å². The Labute approximate surface area is 72.4 Å². The van der Waals surface area contributed by atoms with Crippen LogP contribution in [0.25, 0.3) is 0 Å². The Morgan fingerprint density at radius 1 is 1.33 bits per heavy atom. The molecular formula is C8H16O4. The summed E-state index contributed by atoms with van der Waals surface area (Å²) in [7, 11) is 3.17. The van der Waals surface area contributed by atoms with E-state index in [2.05, 4.69) is 0 Å². The molecule has 4 heteroatoms. The molecule has 0 aliphatic carbocycles. The lowest BCUT2D eigenvalue weighted by molar-refractivity contribution is -0.241. The van der Waals surface area contributed by atoms with Crippen LogP contribution in [0.4, 0.5) is 0 Å². The van der Waals surface area contributed by atoms with Crippen molar-refractivity contribution in [2.75, 3.05) is 14.2 Å². The Hall–Kier alpha value is -0.160. The number of ether oxygens (including phenoxy) is 3. The van der Waals surface area contributed by atoms with E-state index in [-0.39, 0.29) is 18.5 Å². The Balaban J connectivity index is 2.52. The van der Waals surface area contributed by atoms with Crippen LogP contribution < -0.4 is 0 Å². The predicted molar refractivity (Wildman–Crippen MR) is 42.8 cm³/mol. The first-order valence-corrected chi connectivity index (χ1v) is 4.08. The van der Waals surface area contributed by atoms with Crippen molar-refractivity contribution in [2.24, 2.45) is 0 Å². The highest BCUT2D eigenvalue weighted by molar-refractivity contribution is 4.80. The molecule has 1 aliphatic heterocycles. The summed E-state index contributed by atoms with van der Waals surface area (Å²) in [6, 6.07) is 0. The summed E-state index contributed by atoms with van der Waals surface area (Å²) < 4.78 is 15.5. The fourth-order valence-electron chi connectivity index (χ4n) is 1.39. The fourth-order valence-corrected chi connectivity index (χ4v) is 1.39. The summed E-state index contributed by atoms with van der Waals surface area (Å²) in [5.41, 5.74) is 0. The van der Waals surface area contributed by atoms with Crippen LogP contribution >= 0.6 is 0 Å². The molecule has 4 atom stereocenters. The van der Waals surface area contributed by atoms with Crippen molar-refractivity contribution in [1.29, 1.82) is 0 Å². The third kappa shape index (κ3) is 1.95. The minimum atomic E-state index is -0.554. The van der Waals surface area contributed by atoms with Crippen molar-refractivity contribution in [3.63, 3.8) is 0 Å². The molecule has 0 amide bonds. The van der Waals surface area contributed by atoms with E-state index in [4.69, 9.17) is 14.2 Å². The summed E-state index contributed by atoms with van der Waals surface area (Å²) in [6.07, 6.45) is -0.638. The van der Waals surface area contributed by atoms with Crippen LogP contribution in [-0.4, -0.2) is 43.9 Å². The fraction of sp³-hybridized carbons (Fsp3) is 1.00. The highest BCUT2D eigenvalue weighted by atomic mass is 16.7. The summed E-state index contributed by atoms with van der Waals surface area (Å²) in [5, 5.41) is 9.55. The Kier molecular flexibility index (Phi) is 3.46. The van der Waals surface area contributed by atoms with Gasteiger partial charge in [-0.1, -0.05) is 0 Å². The number of aliphatic hydroxyl groups is 1. The monoisotopic (exact) mass is 176 g/mol. The smallest absolute Gasteiger partial charge is 0.160 e. The minimum absolute atomic E-state index is 0.182. The van der Waals surface area contributed by atoms with E-state index < -0.39 is 6.10 Å². The molecule has 0 spiro atoms. The summed E-state index contributed by atoms with van der Waals surface area (Å²) in [6.45, 7) is 1.81. The average Bonchev–Trinajstić information content (AvgIpc) is 2.09. The zero-order valence-corrected chi connectivity index (χ0v) is 7.69. The second-order valence-corrected chi connectivity index (χ2v) is 3.01. The first kappa shape index (κ1) is 9.92. The average molecular weight is 176 g/mol. The van der Waals surface area contributed by atoms with Gasteiger partial charge in [0.1, 0.15) is 6.10 Å². The van der Waals surface area contributed by atoms with Gasteiger partial charge in [-0.3, -0.25) is 0 Å². The number of methoxy groups -OCH3 is 2. The molecule has 4 nitrogen and oxygen atoms in total.